The Kier molecular flexibility index (Phi) is 13.6. The zero-order chi connectivity index (χ0) is 20.2. The molecule has 0 aliphatic carbocycles. The molecule has 2 rings (SSSR count). The van der Waals surface area contributed by atoms with Crippen molar-refractivity contribution < 1.29 is 9.59 Å². The Labute approximate surface area is 201 Å². The average Bonchev–Trinajstić information content (AvgIpc) is 3.36. The summed E-state index contributed by atoms with van der Waals surface area (Å²) < 4.78 is 1.15. The van der Waals surface area contributed by atoms with Gasteiger partial charge in [-0.25, -0.2) is 0 Å². The quantitative estimate of drug-likeness (QED) is 0.192. The van der Waals surface area contributed by atoms with Crippen LogP contribution in [0.3, 0.4) is 0 Å². The number of thioether (sulfide) groups is 8. The fraction of sp³-hybridized carbons (Fsp3) is 0.444. The molecule has 2 nitrogen and oxygen atoms in total. The van der Waals surface area contributed by atoms with Crippen LogP contribution >= 0.6 is 94.1 Å². The summed E-state index contributed by atoms with van der Waals surface area (Å²) in [6.45, 7) is 7.01. The van der Waals surface area contributed by atoms with Crippen LogP contribution in [0.1, 0.15) is 0 Å². The lowest BCUT2D eigenvalue weighted by molar-refractivity contribution is -0.107. The lowest BCUT2D eigenvalue weighted by atomic mass is 10.7. The first-order chi connectivity index (χ1) is 13.6. The summed E-state index contributed by atoms with van der Waals surface area (Å²) in [7, 11) is 0. The van der Waals surface area contributed by atoms with Crippen LogP contribution in [-0.4, -0.2) is 53.9 Å². The molecule has 2 unspecified atom stereocenters. The molecule has 0 bridgehead atoms. The van der Waals surface area contributed by atoms with Crippen molar-refractivity contribution in [3.63, 3.8) is 0 Å². The Morgan fingerprint density at radius 2 is 1.29 bits per heavy atom. The third-order valence-electron chi connectivity index (χ3n) is 3.19. The van der Waals surface area contributed by atoms with Crippen molar-refractivity contribution in [2.75, 3.05) is 34.5 Å². The molecular formula is C18H22O2S8. The molecule has 0 aromatic rings. The first-order valence-electron chi connectivity index (χ1n) is 8.37. The molecule has 0 saturated heterocycles. The molecule has 154 valence electrons. The summed E-state index contributed by atoms with van der Waals surface area (Å²) >= 11 is 14.2. The van der Waals surface area contributed by atoms with Gasteiger partial charge < -0.3 is 0 Å². The second-order valence-corrected chi connectivity index (χ2v) is 15.0. The maximum Gasteiger partial charge on any atom is 0.211 e. The molecule has 2 atom stereocenters. The molecule has 0 spiro atoms. The molecule has 2 aliphatic rings. The highest BCUT2D eigenvalue weighted by Gasteiger charge is 2.20. The number of hydrogen-bond donors (Lipinski definition) is 0. The molecule has 2 aliphatic heterocycles. The molecule has 0 amide bonds. The number of rotatable bonds is 13. The van der Waals surface area contributed by atoms with E-state index < -0.39 is 0 Å². The van der Waals surface area contributed by atoms with Gasteiger partial charge in [-0.2, -0.15) is 23.5 Å². The average molecular weight is 527 g/mol. The summed E-state index contributed by atoms with van der Waals surface area (Å²) in [6.07, 6.45) is 2.76. The van der Waals surface area contributed by atoms with Crippen LogP contribution < -0.4 is 0 Å². The van der Waals surface area contributed by atoms with Gasteiger partial charge in [-0.05, 0) is 23.0 Å². The minimum absolute atomic E-state index is 0.0475. The van der Waals surface area contributed by atoms with Crippen LogP contribution in [-0.2, 0) is 9.59 Å². The third-order valence-corrected chi connectivity index (χ3v) is 13.9. The van der Waals surface area contributed by atoms with E-state index in [1.165, 1.54) is 57.0 Å². The molecule has 0 N–H and O–H groups in total. The summed E-state index contributed by atoms with van der Waals surface area (Å²) in [5, 5.41) is 4.50. The maximum absolute atomic E-state index is 11.3. The van der Waals surface area contributed by atoms with Gasteiger partial charge in [0.2, 0.25) is 10.2 Å². The Balaban J connectivity index is 1.44. The van der Waals surface area contributed by atoms with E-state index in [0.29, 0.717) is 9.16 Å². The SMILES string of the molecule is C=CC(=O)SCC1=CSC(CSCCSCC2SC=C(CSC(=O)C=C)S2)S1. The fourth-order valence-corrected chi connectivity index (χ4v) is 11.7. The largest absolute Gasteiger partial charge is 0.282 e. The smallest absolute Gasteiger partial charge is 0.211 e. The van der Waals surface area contributed by atoms with Gasteiger partial charge in [-0.1, -0.05) is 36.7 Å². The van der Waals surface area contributed by atoms with E-state index in [1.54, 1.807) is 0 Å². The van der Waals surface area contributed by atoms with Crippen molar-refractivity contribution in [3.05, 3.63) is 45.9 Å². The normalized spacial score (nSPS) is 21.3. The van der Waals surface area contributed by atoms with Gasteiger partial charge in [0.25, 0.3) is 0 Å². The Morgan fingerprint density at radius 1 is 0.857 bits per heavy atom. The highest BCUT2D eigenvalue weighted by atomic mass is 32.2. The second-order valence-electron chi connectivity index (χ2n) is 5.31. The van der Waals surface area contributed by atoms with Crippen molar-refractivity contribution >= 4 is 104 Å². The zero-order valence-corrected chi connectivity index (χ0v) is 21.7. The first-order valence-corrected chi connectivity index (χ1v) is 16.3. The van der Waals surface area contributed by atoms with Gasteiger partial charge in [-0.15, -0.1) is 47.0 Å². The predicted molar refractivity (Wildman–Crippen MR) is 144 cm³/mol. The van der Waals surface area contributed by atoms with Crippen LogP contribution in [0.4, 0.5) is 0 Å². The molecule has 28 heavy (non-hydrogen) atoms. The Bertz CT molecular complexity index is 577. The van der Waals surface area contributed by atoms with Gasteiger partial charge >= 0.3 is 0 Å². The van der Waals surface area contributed by atoms with Crippen LogP contribution in [0.15, 0.2) is 45.9 Å². The summed E-state index contributed by atoms with van der Waals surface area (Å²) in [5.74, 6) is 6.17. The standard InChI is InChI=1S/C18H22O2S8/c1-3-15(19)23-7-13-9-25-17(27-13)11-21-5-6-22-12-18-26-10-14(28-18)8-24-16(20)4-2/h3-4,9-10,17-18H,1-2,5-8,11-12H2. The molecule has 0 saturated carbocycles. The molecule has 0 aromatic carbocycles. The van der Waals surface area contributed by atoms with Gasteiger partial charge in [0.05, 0.1) is 9.16 Å². The highest BCUT2D eigenvalue weighted by Crippen LogP contribution is 2.44. The summed E-state index contributed by atoms with van der Waals surface area (Å²) in [4.78, 5) is 25.2. The lowest BCUT2D eigenvalue weighted by Crippen LogP contribution is -2.01. The minimum atomic E-state index is 0.0475. The van der Waals surface area contributed by atoms with Crippen LogP contribution in [0, 0.1) is 0 Å². The van der Waals surface area contributed by atoms with E-state index in [-0.39, 0.29) is 10.2 Å². The highest BCUT2D eigenvalue weighted by molar-refractivity contribution is 8.25. The van der Waals surface area contributed by atoms with Gasteiger partial charge in [0, 0.05) is 44.3 Å². The van der Waals surface area contributed by atoms with Crippen molar-refractivity contribution in [1.82, 2.24) is 0 Å². The van der Waals surface area contributed by atoms with Crippen molar-refractivity contribution in [1.29, 1.82) is 0 Å². The van der Waals surface area contributed by atoms with Gasteiger partial charge in [-0.3, -0.25) is 9.59 Å². The van der Waals surface area contributed by atoms with Gasteiger partial charge in [0.15, 0.2) is 0 Å². The molecule has 0 aromatic heterocycles. The van der Waals surface area contributed by atoms with Crippen LogP contribution in [0.25, 0.3) is 0 Å². The van der Waals surface area contributed by atoms with E-state index in [9.17, 15) is 9.59 Å². The van der Waals surface area contributed by atoms with E-state index in [0.717, 1.165) is 23.0 Å². The fourth-order valence-electron chi connectivity index (χ4n) is 1.91. The topological polar surface area (TPSA) is 34.1 Å². The van der Waals surface area contributed by atoms with E-state index in [2.05, 4.69) is 24.0 Å². The third kappa shape index (κ3) is 10.4. The second kappa shape index (κ2) is 15.0. The van der Waals surface area contributed by atoms with Crippen molar-refractivity contribution in [2.24, 2.45) is 0 Å². The van der Waals surface area contributed by atoms with Crippen LogP contribution in [0.5, 0.6) is 0 Å². The first kappa shape index (κ1) is 25.4. The van der Waals surface area contributed by atoms with Gasteiger partial charge in [0.1, 0.15) is 0 Å². The monoisotopic (exact) mass is 526 g/mol. The molecule has 10 heteroatoms. The molecular weight excluding hydrogens is 505 g/mol. The molecule has 0 fully saturated rings. The van der Waals surface area contributed by atoms with E-state index in [1.807, 2.05) is 70.6 Å². The summed E-state index contributed by atoms with van der Waals surface area (Å²) in [6, 6.07) is 0. The lowest BCUT2D eigenvalue weighted by Gasteiger charge is -2.10. The van der Waals surface area contributed by atoms with E-state index >= 15 is 0 Å². The minimum Gasteiger partial charge on any atom is -0.282 e. The van der Waals surface area contributed by atoms with E-state index in [4.69, 9.17) is 0 Å². The maximum atomic E-state index is 11.3. The Morgan fingerprint density at radius 3 is 1.68 bits per heavy atom. The van der Waals surface area contributed by atoms with Crippen LogP contribution in [0.2, 0.25) is 0 Å². The van der Waals surface area contributed by atoms with Crippen molar-refractivity contribution in [2.45, 2.75) is 9.16 Å². The predicted octanol–water partition coefficient (Wildman–Crippen LogP) is 6.64. The number of hydrogen-bond acceptors (Lipinski definition) is 10. The summed E-state index contributed by atoms with van der Waals surface area (Å²) in [5.41, 5.74) is 0. The van der Waals surface area contributed by atoms with Crippen molar-refractivity contribution in [3.8, 4) is 0 Å². The number of carbonyl (C=O) groups is 2. The molecule has 0 radical (unpaired) electrons. The zero-order valence-electron chi connectivity index (χ0n) is 15.2. The number of carbonyl (C=O) groups excluding carboxylic acids is 2. The Hall–Kier alpha value is 1.10. The molecule has 2 heterocycles.